The lowest BCUT2D eigenvalue weighted by molar-refractivity contribution is 0.299. The number of hydrogen-bond donors (Lipinski definition) is 0. The van der Waals surface area contributed by atoms with Crippen LogP contribution in [-0.4, -0.2) is 16.2 Å². The van der Waals surface area contributed by atoms with Crippen molar-refractivity contribution in [3.8, 4) is 17.1 Å². The summed E-state index contributed by atoms with van der Waals surface area (Å²) in [6.45, 7) is 5.63. The Labute approximate surface area is 170 Å². The van der Waals surface area contributed by atoms with E-state index in [1.165, 1.54) is 11.6 Å². The van der Waals surface area contributed by atoms with Crippen LogP contribution in [0.25, 0.3) is 22.4 Å². The highest BCUT2D eigenvalue weighted by Gasteiger charge is 2.15. The molecule has 0 aliphatic carbocycles. The third-order valence-corrected chi connectivity index (χ3v) is 5.09. The van der Waals surface area contributed by atoms with E-state index in [1.807, 2.05) is 48.5 Å². The smallest absolute Gasteiger partial charge is 0.144 e. The maximum atomic E-state index is 14.4. The van der Waals surface area contributed by atoms with Crippen molar-refractivity contribution in [3.05, 3.63) is 84.2 Å². The SMILES string of the molecule is CC(C)c1ccccc1OCCCn1c(-c2ccccc2F)nc2ccccc21. The fourth-order valence-electron chi connectivity index (χ4n) is 3.64. The number of ether oxygens (including phenoxy) is 1. The molecule has 29 heavy (non-hydrogen) atoms. The molecule has 0 amide bonds. The molecule has 0 aliphatic heterocycles. The second-order valence-electron chi connectivity index (χ2n) is 7.45. The van der Waals surface area contributed by atoms with E-state index < -0.39 is 0 Å². The van der Waals surface area contributed by atoms with Crippen LogP contribution in [0.2, 0.25) is 0 Å². The Morgan fingerprint density at radius 2 is 1.66 bits per heavy atom. The molecule has 0 aliphatic rings. The molecule has 0 spiro atoms. The highest BCUT2D eigenvalue weighted by molar-refractivity contribution is 5.80. The summed E-state index contributed by atoms with van der Waals surface area (Å²) in [6, 6.07) is 22.9. The summed E-state index contributed by atoms with van der Waals surface area (Å²) >= 11 is 0. The van der Waals surface area contributed by atoms with Crippen molar-refractivity contribution in [3.63, 3.8) is 0 Å². The van der Waals surface area contributed by atoms with Crippen molar-refractivity contribution in [2.24, 2.45) is 0 Å². The second kappa shape index (κ2) is 8.48. The Kier molecular flexibility index (Phi) is 5.61. The lowest BCUT2D eigenvalue weighted by Gasteiger charge is -2.14. The van der Waals surface area contributed by atoms with Gasteiger partial charge in [0, 0.05) is 6.54 Å². The van der Waals surface area contributed by atoms with E-state index in [4.69, 9.17) is 9.72 Å². The molecule has 0 bridgehead atoms. The van der Waals surface area contributed by atoms with E-state index in [-0.39, 0.29) is 5.82 Å². The number of aromatic nitrogens is 2. The van der Waals surface area contributed by atoms with Crippen molar-refractivity contribution in [1.29, 1.82) is 0 Å². The first-order valence-corrected chi connectivity index (χ1v) is 10.1. The molecule has 4 heteroatoms. The van der Waals surface area contributed by atoms with Gasteiger partial charge in [0.15, 0.2) is 0 Å². The maximum Gasteiger partial charge on any atom is 0.144 e. The normalized spacial score (nSPS) is 11.3. The molecule has 3 nitrogen and oxygen atoms in total. The summed E-state index contributed by atoms with van der Waals surface area (Å²) in [7, 11) is 0. The van der Waals surface area contributed by atoms with E-state index in [0.29, 0.717) is 30.5 Å². The van der Waals surface area contributed by atoms with Gasteiger partial charge >= 0.3 is 0 Å². The average Bonchev–Trinajstić information content (AvgIpc) is 3.10. The summed E-state index contributed by atoms with van der Waals surface area (Å²) < 4.78 is 22.6. The van der Waals surface area contributed by atoms with E-state index >= 15 is 0 Å². The molecule has 148 valence electrons. The number of halogens is 1. The second-order valence-corrected chi connectivity index (χ2v) is 7.45. The van der Waals surface area contributed by atoms with Gasteiger partial charge in [-0.25, -0.2) is 9.37 Å². The topological polar surface area (TPSA) is 27.1 Å². The van der Waals surface area contributed by atoms with Crippen LogP contribution < -0.4 is 4.74 Å². The van der Waals surface area contributed by atoms with Gasteiger partial charge in [-0.15, -0.1) is 0 Å². The van der Waals surface area contributed by atoms with Crippen LogP contribution in [0.5, 0.6) is 5.75 Å². The zero-order valence-electron chi connectivity index (χ0n) is 16.8. The van der Waals surface area contributed by atoms with Gasteiger partial charge in [-0.3, -0.25) is 0 Å². The Morgan fingerprint density at radius 1 is 0.931 bits per heavy atom. The molecule has 0 saturated heterocycles. The van der Waals surface area contributed by atoms with E-state index in [0.717, 1.165) is 23.2 Å². The van der Waals surface area contributed by atoms with Crippen molar-refractivity contribution in [2.75, 3.05) is 6.61 Å². The van der Waals surface area contributed by atoms with Gasteiger partial charge in [0.05, 0.1) is 23.2 Å². The fraction of sp³-hybridized carbons (Fsp3) is 0.240. The van der Waals surface area contributed by atoms with Gasteiger partial charge in [0.2, 0.25) is 0 Å². The lowest BCUT2D eigenvalue weighted by Crippen LogP contribution is -2.07. The molecule has 3 aromatic carbocycles. The van der Waals surface area contributed by atoms with Crippen LogP contribution >= 0.6 is 0 Å². The number of benzene rings is 3. The number of nitrogens with zero attached hydrogens (tertiary/aromatic N) is 2. The number of hydrogen-bond acceptors (Lipinski definition) is 2. The monoisotopic (exact) mass is 388 g/mol. The summed E-state index contributed by atoms with van der Waals surface area (Å²) in [4.78, 5) is 4.70. The highest BCUT2D eigenvalue weighted by atomic mass is 19.1. The third-order valence-electron chi connectivity index (χ3n) is 5.09. The van der Waals surface area contributed by atoms with Crippen LogP contribution in [0.4, 0.5) is 4.39 Å². The number of rotatable bonds is 7. The average molecular weight is 388 g/mol. The standard InChI is InChI=1S/C25H25FN2O/c1-18(2)19-10-4-8-15-24(19)29-17-9-16-28-23-14-7-6-13-22(23)27-25(28)20-11-3-5-12-21(20)26/h3-8,10-15,18H,9,16-17H2,1-2H3. The largest absolute Gasteiger partial charge is 0.493 e. The summed E-state index contributed by atoms with van der Waals surface area (Å²) in [5, 5.41) is 0. The predicted octanol–water partition coefficient (Wildman–Crippen LogP) is 6.43. The molecule has 0 saturated carbocycles. The van der Waals surface area contributed by atoms with Gasteiger partial charge < -0.3 is 9.30 Å². The first-order valence-electron chi connectivity index (χ1n) is 10.1. The highest BCUT2D eigenvalue weighted by Crippen LogP contribution is 2.28. The Hall–Kier alpha value is -3.14. The summed E-state index contributed by atoms with van der Waals surface area (Å²) in [6.07, 6.45) is 0.800. The summed E-state index contributed by atoms with van der Waals surface area (Å²) in [5.41, 5.74) is 3.62. The van der Waals surface area contributed by atoms with Gasteiger partial charge in [0.25, 0.3) is 0 Å². The van der Waals surface area contributed by atoms with E-state index in [1.54, 1.807) is 12.1 Å². The van der Waals surface area contributed by atoms with Crippen molar-refractivity contribution in [2.45, 2.75) is 32.7 Å². The summed E-state index contributed by atoms with van der Waals surface area (Å²) in [5.74, 6) is 1.75. The molecule has 1 aromatic heterocycles. The zero-order valence-corrected chi connectivity index (χ0v) is 16.8. The molecule has 4 aromatic rings. The first-order chi connectivity index (χ1) is 14.1. The fourth-order valence-corrected chi connectivity index (χ4v) is 3.64. The minimum absolute atomic E-state index is 0.258. The quantitative estimate of drug-likeness (QED) is 0.341. The minimum atomic E-state index is -0.258. The number of imidazole rings is 1. The van der Waals surface area contributed by atoms with Crippen LogP contribution in [0.1, 0.15) is 31.7 Å². The van der Waals surface area contributed by atoms with Crippen LogP contribution in [0.3, 0.4) is 0 Å². The Morgan fingerprint density at radius 3 is 2.48 bits per heavy atom. The van der Waals surface area contributed by atoms with Crippen LogP contribution in [0.15, 0.2) is 72.8 Å². The number of para-hydroxylation sites is 3. The van der Waals surface area contributed by atoms with Gasteiger partial charge in [-0.05, 0) is 48.2 Å². The molecule has 0 radical (unpaired) electrons. The van der Waals surface area contributed by atoms with E-state index in [9.17, 15) is 4.39 Å². The molecular formula is C25H25FN2O. The number of aryl methyl sites for hydroxylation is 1. The Balaban J connectivity index is 1.56. The van der Waals surface area contributed by atoms with Crippen molar-refractivity contribution < 1.29 is 9.13 Å². The molecular weight excluding hydrogens is 363 g/mol. The molecule has 0 fully saturated rings. The van der Waals surface area contributed by atoms with Gasteiger partial charge in [-0.1, -0.05) is 56.3 Å². The van der Waals surface area contributed by atoms with Crippen LogP contribution in [0, 0.1) is 5.82 Å². The Bertz CT molecular complexity index is 1120. The van der Waals surface area contributed by atoms with E-state index in [2.05, 4.69) is 24.5 Å². The third kappa shape index (κ3) is 4.02. The molecule has 0 unspecified atom stereocenters. The van der Waals surface area contributed by atoms with Crippen LogP contribution in [-0.2, 0) is 6.54 Å². The molecule has 4 rings (SSSR count). The van der Waals surface area contributed by atoms with Crippen molar-refractivity contribution >= 4 is 11.0 Å². The maximum absolute atomic E-state index is 14.4. The zero-order chi connectivity index (χ0) is 20.2. The van der Waals surface area contributed by atoms with Gasteiger partial charge in [-0.2, -0.15) is 0 Å². The molecule has 1 heterocycles. The van der Waals surface area contributed by atoms with Crippen molar-refractivity contribution in [1.82, 2.24) is 9.55 Å². The minimum Gasteiger partial charge on any atom is -0.493 e. The number of fused-ring (bicyclic) bond motifs is 1. The molecule has 0 N–H and O–H groups in total. The van der Waals surface area contributed by atoms with Gasteiger partial charge in [0.1, 0.15) is 17.4 Å². The molecule has 0 atom stereocenters. The predicted molar refractivity (Wildman–Crippen MR) is 116 cm³/mol. The first kappa shape index (κ1) is 19.2. The lowest BCUT2D eigenvalue weighted by atomic mass is 10.0.